The SMILES string of the molecule is CCS(=O)(=O)Nc1cccc(C(N)C(=O)NC2C(=O)N3C(C(=O)O)=C(Cl)CCC23)c1. The normalized spacial score (nSPS) is 22.1. The molecule has 0 aliphatic carbocycles. The third kappa shape index (κ3) is 4.13. The Morgan fingerprint density at radius 3 is 2.73 bits per heavy atom. The van der Waals surface area contributed by atoms with E-state index < -0.39 is 45.9 Å². The van der Waals surface area contributed by atoms with Crippen molar-refractivity contribution in [2.75, 3.05) is 10.5 Å². The van der Waals surface area contributed by atoms with Crippen LogP contribution in [0, 0.1) is 0 Å². The van der Waals surface area contributed by atoms with Crippen LogP contribution < -0.4 is 15.8 Å². The summed E-state index contributed by atoms with van der Waals surface area (Å²) >= 11 is 5.94. The van der Waals surface area contributed by atoms with Gasteiger partial charge in [0.25, 0.3) is 5.91 Å². The number of carbonyl (C=O) groups is 3. The molecule has 0 saturated carbocycles. The van der Waals surface area contributed by atoms with Crippen molar-refractivity contribution in [1.29, 1.82) is 0 Å². The van der Waals surface area contributed by atoms with Crippen LogP contribution in [0.4, 0.5) is 5.69 Å². The van der Waals surface area contributed by atoms with Crippen molar-refractivity contribution < 1.29 is 27.9 Å². The van der Waals surface area contributed by atoms with Crippen LogP contribution in [-0.2, 0) is 24.4 Å². The molecule has 0 aromatic heterocycles. The van der Waals surface area contributed by atoms with Gasteiger partial charge in [0.2, 0.25) is 15.9 Å². The molecule has 3 atom stereocenters. The lowest BCUT2D eigenvalue weighted by atomic mass is 9.86. The summed E-state index contributed by atoms with van der Waals surface area (Å²) in [5.41, 5.74) is 6.36. The number of hydrogen-bond acceptors (Lipinski definition) is 6. The summed E-state index contributed by atoms with van der Waals surface area (Å²) in [4.78, 5) is 37.5. The van der Waals surface area contributed by atoms with Gasteiger partial charge in [0.15, 0.2) is 0 Å². The van der Waals surface area contributed by atoms with Gasteiger partial charge in [-0.2, -0.15) is 0 Å². The number of hydrogen-bond donors (Lipinski definition) is 4. The molecule has 1 aromatic carbocycles. The monoisotopic (exact) mass is 456 g/mol. The highest BCUT2D eigenvalue weighted by atomic mass is 35.5. The van der Waals surface area contributed by atoms with Crippen LogP contribution in [0.5, 0.6) is 0 Å². The van der Waals surface area contributed by atoms with E-state index in [1.165, 1.54) is 19.1 Å². The predicted molar refractivity (Wildman–Crippen MR) is 109 cm³/mol. The van der Waals surface area contributed by atoms with E-state index in [9.17, 15) is 27.9 Å². The maximum Gasteiger partial charge on any atom is 0.353 e. The minimum absolute atomic E-state index is 0.0972. The molecule has 3 unspecified atom stereocenters. The third-order valence-corrected chi connectivity index (χ3v) is 6.73. The van der Waals surface area contributed by atoms with Gasteiger partial charge >= 0.3 is 5.97 Å². The van der Waals surface area contributed by atoms with Gasteiger partial charge in [-0.05, 0) is 37.5 Å². The van der Waals surface area contributed by atoms with Gasteiger partial charge in [0.1, 0.15) is 17.8 Å². The number of halogens is 1. The summed E-state index contributed by atoms with van der Waals surface area (Å²) in [6.45, 7) is 1.49. The summed E-state index contributed by atoms with van der Waals surface area (Å²) in [6, 6.07) is 3.53. The van der Waals surface area contributed by atoms with Crippen molar-refractivity contribution in [2.24, 2.45) is 5.73 Å². The number of amides is 2. The molecule has 2 amide bonds. The highest BCUT2D eigenvalue weighted by molar-refractivity contribution is 7.92. The number of aliphatic carboxylic acids is 1. The second kappa shape index (κ2) is 8.25. The summed E-state index contributed by atoms with van der Waals surface area (Å²) in [5, 5.41) is 11.9. The smallest absolute Gasteiger partial charge is 0.353 e. The number of β-lactam (4-membered cyclic amide) rings is 1. The maximum atomic E-state index is 12.6. The van der Waals surface area contributed by atoms with E-state index in [4.69, 9.17) is 17.3 Å². The number of allylic oxidation sites excluding steroid dienone is 1. The first-order valence-electron chi connectivity index (χ1n) is 9.17. The molecular formula is C18H21ClN4O6S. The van der Waals surface area contributed by atoms with E-state index in [1.807, 2.05) is 0 Å². The molecule has 0 bridgehead atoms. The minimum atomic E-state index is -3.49. The number of anilines is 1. The van der Waals surface area contributed by atoms with Gasteiger partial charge in [-0.1, -0.05) is 23.7 Å². The van der Waals surface area contributed by atoms with E-state index in [1.54, 1.807) is 12.1 Å². The second-order valence-corrected chi connectivity index (χ2v) is 9.44. The lowest BCUT2D eigenvalue weighted by Crippen LogP contribution is -2.72. The molecule has 1 aromatic rings. The van der Waals surface area contributed by atoms with Gasteiger partial charge < -0.3 is 16.2 Å². The first kappa shape index (κ1) is 22.1. The van der Waals surface area contributed by atoms with Crippen LogP contribution in [0.25, 0.3) is 0 Å². The quantitative estimate of drug-likeness (QED) is 0.434. The fraction of sp³-hybridized carbons (Fsp3) is 0.389. The van der Waals surface area contributed by atoms with E-state index >= 15 is 0 Å². The van der Waals surface area contributed by atoms with Gasteiger partial charge in [0.05, 0.1) is 11.8 Å². The van der Waals surface area contributed by atoms with Crippen molar-refractivity contribution >= 4 is 45.1 Å². The zero-order valence-corrected chi connectivity index (χ0v) is 17.5. The average molecular weight is 457 g/mol. The molecule has 1 fully saturated rings. The molecule has 5 N–H and O–H groups in total. The lowest BCUT2D eigenvalue weighted by Gasteiger charge is -2.49. The molecule has 3 rings (SSSR count). The molecule has 2 aliphatic rings. The number of fused-ring (bicyclic) bond motifs is 1. The summed E-state index contributed by atoms with van der Waals surface area (Å²) < 4.78 is 25.8. The van der Waals surface area contributed by atoms with E-state index in [0.29, 0.717) is 12.0 Å². The summed E-state index contributed by atoms with van der Waals surface area (Å²) in [7, 11) is -3.49. The van der Waals surface area contributed by atoms with Crippen LogP contribution in [0.1, 0.15) is 31.4 Å². The molecule has 0 radical (unpaired) electrons. The Hall–Kier alpha value is -2.63. The Balaban J connectivity index is 1.70. The lowest BCUT2D eigenvalue weighted by molar-refractivity contribution is -0.156. The zero-order valence-electron chi connectivity index (χ0n) is 16.0. The molecule has 0 spiro atoms. The Bertz CT molecular complexity index is 1040. The summed E-state index contributed by atoms with van der Waals surface area (Å²) in [6.07, 6.45) is 0.700. The van der Waals surface area contributed by atoms with Crippen LogP contribution >= 0.6 is 11.6 Å². The number of rotatable bonds is 7. The Kier molecular flexibility index (Phi) is 6.06. The Morgan fingerprint density at radius 1 is 1.40 bits per heavy atom. The molecule has 10 nitrogen and oxygen atoms in total. The number of nitrogens with two attached hydrogens (primary N) is 1. The van der Waals surface area contributed by atoms with E-state index in [2.05, 4.69) is 10.0 Å². The molecule has 2 aliphatic heterocycles. The third-order valence-electron chi connectivity index (χ3n) is 5.06. The zero-order chi connectivity index (χ0) is 22.2. The van der Waals surface area contributed by atoms with Gasteiger partial charge in [-0.15, -0.1) is 0 Å². The molecular weight excluding hydrogens is 436 g/mol. The maximum absolute atomic E-state index is 12.6. The number of benzene rings is 1. The predicted octanol–water partition coefficient (Wildman–Crippen LogP) is 0.472. The second-order valence-electron chi connectivity index (χ2n) is 6.97. The number of nitrogens with zero attached hydrogens (tertiary/aromatic N) is 1. The molecule has 12 heteroatoms. The fourth-order valence-electron chi connectivity index (χ4n) is 3.46. The number of nitrogens with one attached hydrogen (secondary N) is 2. The average Bonchev–Trinajstić information content (AvgIpc) is 2.70. The number of carbonyl (C=O) groups excluding carboxylic acids is 2. The number of sulfonamides is 1. The standard InChI is InChI=1S/C18H21ClN4O6S/c1-2-30(28,29)22-10-5-3-4-9(8-10)13(20)16(24)21-14-12-7-6-11(19)15(18(26)27)23(12)17(14)25/h3-5,8,12-14,22H,2,6-7,20H2,1H3,(H,21,24)(H,26,27). The number of carboxylic acid groups (broad SMARTS) is 1. The first-order valence-corrected chi connectivity index (χ1v) is 11.2. The van der Waals surface area contributed by atoms with Gasteiger partial charge in [-0.25, -0.2) is 13.2 Å². The van der Waals surface area contributed by atoms with Crippen molar-refractivity contribution in [3.05, 3.63) is 40.6 Å². The van der Waals surface area contributed by atoms with Crippen LogP contribution in [0.2, 0.25) is 0 Å². The van der Waals surface area contributed by atoms with Gasteiger partial charge in [-0.3, -0.25) is 19.2 Å². The molecule has 162 valence electrons. The van der Waals surface area contributed by atoms with E-state index in [0.717, 1.165) is 4.90 Å². The fourth-order valence-corrected chi connectivity index (χ4v) is 4.37. The highest BCUT2D eigenvalue weighted by Gasteiger charge is 2.53. The molecule has 30 heavy (non-hydrogen) atoms. The van der Waals surface area contributed by atoms with Crippen molar-refractivity contribution in [1.82, 2.24) is 10.2 Å². The first-order chi connectivity index (χ1) is 14.1. The molecule has 1 saturated heterocycles. The topological polar surface area (TPSA) is 159 Å². The van der Waals surface area contributed by atoms with Crippen molar-refractivity contribution in [3.63, 3.8) is 0 Å². The Morgan fingerprint density at radius 2 is 2.10 bits per heavy atom. The number of carboxylic acids is 1. The van der Waals surface area contributed by atoms with Crippen LogP contribution in [0.3, 0.4) is 0 Å². The summed E-state index contributed by atoms with van der Waals surface area (Å²) in [5.74, 6) is -2.62. The molecule has 2 heterocycles. The van der Waals surface area contributed by atoms with E-state index in [-0.39, 0.29) is 28.6 Å². The highest BCUT2D eigenvalue weighted by Crippen LogP contribution is 2.38. The largest absolute Gasteiger partial charge is 0.477 e. The van der Waals surface area contributed by atoms with Crippen LogP contribution in [-0.4, -0.2) is 54.0 Å². The van der Waals surface area contributed by atoms with Crippen LogP contribution in [0.15, 0.2) is 35.0 Å². The van der Waals surface area contributed by atoms with Crippen molar-refractivity contribution in [2.45, 2.75) is 37.9 Å². The van der Waals surface area contributed by atoms with Crippen molar-refractivity contribution in [3.8, 4) is 0 Å². The van der Waals surface area contributed by atoms with Gasteiger partial charge in [0, 0.05) is 10.7 Å². The minimum Gasteiger partial charge on any atom is -0.477 e. The Labute approximate surface area is 178 Å².